The summed E-state index contributed by atoms with van der Waals surface area (Å²) in [6, 6.07) is 12.5. The Kier molecular flexibility index (Phi) is 5.77. The topological polar surface area (TPSA) is 58.2 Å². The molecule has 120 valence electrons. The van der Waals surface area contributed by atoms with Crippen LogP contribution in [0.25, 0.3) is 0 Å². The second-order valence-corrected chi connectivity index (χ2v) is 5.87. The van der Waals surface area contributed by atoms with Crippen LogP contribution >= 0.6 is 11.6 Å². The Morgan fingerprint density at radius 2 is 1.61 bits per heavy atom. The van der Waals surface area contributed by atoms with Crippen molar-refractivity contribution in [2.45, 2.75) is 20.3 Å². The molecule has 2 amide bonds. The van der Waals surface area contributed by atoms with E-state index in [9.17, 15) is 9.59 Å². The maximum absolute atomic E-state index is 11.9. The maximum Gasteiger partial charge on any atom is 0.251 e. The number of carbonyl (C=O) groups excluding carboxylic acids is 2. The summed E-state index contributed by atoms with van der Waals surface area (Å²) in [4.78, 5) is 23.8. The van der Waals surface area contributed by atoms with Crippen molar-refractivity contribution >= 4 is 29.1 Å². The van der Waals surface area contributed by atoms with Gasteiger partial charge in [-0.05, 0) is 61.4 Å². The fourth-order valence-electron chi connectivity index (χ4n) is 2.26. The van der Waals surface area contributed by atoms with Crippen LogP contribution in [0.3, 0.4) is 0 Å². The predicted octanol–water partition coefficient (Wildman–Crippen LogP) is 3.72. The molecule has 5 heteroatoms. The van der Waals surface area contributed by atoms with Gasteiger partial charge in [-0.25, -0.2) is 0 Å². The summed E-state index contributed by atoms with van der Waals surface area (Å²) in [5.41, 5.74) is 3.48. The second kappa shape index (κ2) is 7.79. The van der Waals surface area contributed by atoms with Gasteiger partial charge in [-0.2, -0.15) is 0 Å². The minimum Gasteiger partial charge on any atom is -0.352 e. The van der Waals surface area contributed by atoms with Crippen molar-refractivity contribution in [3.05, 3.63) is 64.2 Å². The zero-order valence-electron chi connectivity index (χ0n) is 13.2. The molecule has 0 unspecified atom stereocenters. The van der Waals surface area contributed by atoms with Gasteiger partial charge in [0, 0.05) is 29.2 Å². The summed E-state index contributed by atoms with van der Waals surface area (Å²) in [6.07, 6.45) is 0.215. The molecule has 0 radical (unpaired) electrons. The number of rotatable bonds is 5. The Morgan fingerprint density at radius 3 is 2.22 bits per heavy atom. The van der Waals surface area contributed by atoms with E-state index in [1.165, 1.54) is 0 Å². The van der Waals surface area contributed by atoms with Gasteiger partial charge in [0.1, 0.15) is 0 Å². The van der Waals surface area contributed by atoms with E-state index in [1.54, 1.807) is 24.3 Å². The summed E-state index contributed by atoms with van der Waals surface area (Å²) in [5.74, 6) is -0.354. The molecule has 0 aromatic heterocycles. The van der Waals surface area contributed by atoms with Crippen molar-refractivity contribution in [1.29, 1.82) is 0 Å². The molecule has 0 saturated heterocycles. The minimum atomic E-state index is -0.221. The summed E-state index contributed by atoms with van der Waals surface area (Å²) >= 11 is 5.78. The van der Waals surface area contributed by atoms with Crippen molar-refractivity contribution in [2.24, 2.45) is 0 Å². The largest absolute Gasteiger partial charge is 0.352 e. The second-order valence-electron chi connectivity index (χ2n) is 5.44. The number of aryl methyl sites for hydroxylation is 2. The van der Waals surface area contributed by atoms with Gasteiger partial charge in [0.25, 0.3) is 5.91 Å². The predicted molar refractivity (Wildman–Crippen MR) is 92.9 cm³/mol. The number of nitrogens with one attached hydrogen (secondary N) is 2. The highest BCUT2D eigenvalue weighted by Crippen LogP contribution is 2.14. The van der Waals surface area contributed by atoms with Crippen LogP contribution in [-0.2, 0) is 4.79 Å². The van der Waals surface area contributed by atoms with E-state index in [-0.39, 0.29) is 24.8 Å². The highest BCUT2D eigenvalue weighted by Gasteiger charge is 2.07. The fraction of sp³-hybridized carbons (Fsp3) is 0.222. The lowest BCUT2D eigenvalue weighted by Crippen LogP contribution is -2.27. The number of hydrogen-bond donors (Lipinski definition) is 2. The van der Waals surface area contributed by atoms with Crippen molar-refractivity contribution in [1.82, 2.24) is 5.32 Å². The van der Waals surface area contributed by atoms with E-state index in [1.807, 2.05) is 32.0 Å². The Labute approximate surface area is 140 Å². The van der Waals surface area contributed by atoms with Crippen molar-refractivity contribution in [2.75, 3.05) is 11.9 Å². The third-order valence-electron chi connectivity index (χ3n) is 3.25. The van der Waals surface area contributed by atoms with Crippen molar-refractivity contribution < 1.29 is 9.59 Å². The molecule has 2 rings (SSSR count). The molecule has 4 nitrogen and oxygen atoms in total. The Morgan fingerprint density at radius 1 is 1.00 bits per heavy atom. The van der Waals surface area contributed by atoms with Crippen LogP contribution in [0.15, 0.2) is 42.5 Å². The molecule has 2 N–H and O–H groups in total. The van der Waals surface area contributed by atoms with E-state index in [4.69, 9.17) is 11.6 Å². The Hall–Kier alpha value is -2.33. The first-order valence-corrected chi connectivity index (χ1v) is 7.74. The highest BCUT2D eigenvalue weighted by molar-refractivity contribution is 6.30. The van der Waals surface area contributed by atoms with Crippen molar-refractivity contribution in [3.63, 3.8) is 0 Å². The SMILES string of the molecule is Cc1cc(C)cc(NC(=O)CCNC(=O)c2ccc(Cl)cc2)c1. The van der Waals surface area contributed by atoms with E-state index in [0.717, 1.165) is 16.8 Å². The quantitative estimate of drug-likeness (QED) is 0.878. The fourth-order valence-corrected chi connectivity index (χ4v) is 2.39. The van der Waals surface area contributed by atoms with Crippen LogP contribution in [0.2, 0.25) is 5.02 Å². The molecule has 0 fully saturated rings. The highest BCUT2D eigenvalue weighted by atomic mass is 35.5. The molecular weight excluding hydrogens is 312 g/mol. The van der Waals surface area contributed by atoms with E-state index in [0.29, 0.717) is 10.6 Å². The molecule has 0 atom stereocenters. The number of hydrogen-bond acceptors (Lipinski definition) is 2. The lowest BCUT2D eigenvalue weighted by atomic mass is 10.1. The average molecular weight is 331 g/mol. The third kappa shape index (κ3) is 5.42. The smallest absolute Gasteiger partial charge is 0.251 e. The molecule has 0 spiro atoms. The summed E-state index contributed by atoms with van der Waals surface area (Å²) in [6.45, 7) is 4.24. The Balaban J connectivity index is 1.80. The van der Waals surface area contributed by atoms with Gasteiger partial charge >= 0.3 is 0 Å². The molecule has 0 heterocycles. The van der Waals surface area contributed by atoms with Crippen LogP contribution < -0.4 is 10.6 Å². The summed E-state index contributed by atoms with van der Waals surface area (Å²) in [5, 5.41) is 6.13. The molecule has 0 bridgehead atoms. The molecule has 2 aromatic rings. The van der Waals surface area contributed by atoms with Crippen LogP contribution in [0.1, 0.15) is 27.9 Å². The number of anilines is 1. The molecule has 0 aliphatic heterocycles. The molecule has 2 aromatic carbocycles. The zero-order chi connectivity index (χ0) is 16.8. The lowest BCUT2D eigenvalue weighted by Gasteiger charge is -2.08. The number of halogens is 1. The monoisotopic (exact) mass is 330 g/mol. The van der Waals surface area contributed by atoms with Crippen LogP contribution in [0.4, 0.5) is 5.69 Å². The van der Waals surface area contributed by atoms with Gasteiger partial charge < -0.3 is 10.6 Å². The van der Waals surface area contributed by atoms with Crippen LogP contribution in [0, 0.1) is 13.8 Å². The van der Waals surface area contributed by atoms with Gasteiger partial charge in [-0.15, -0.1) is 0 Å². The first-order chi connectivity index (χ1) is 10.9. The van der Waals surface area contributed by atoms with E-state index >= 15 is 0 Å². The standard InChI is InChI=1S/C18H19ClN2O2/c1-12-9-13(2)11-16(10-12)21-17(22)7-8-20-18(23)14-3-5-15(19)6-4-14/h3-6,9-11H,7-8H2,1-2H3,(H,20,23)(H,21,22). The van der Waals surface area contributed by atoms with Gasteiger partial charge in [0.15, 0.2) is 0 Å². The molecular formula is C18H19ClN2O2. The van der Waals surface area contributed by atoms with Gasteiger partial charge in [0.2, 0.25) is 5.91 Å². The van der Waals surface area contributed by atoms with Crippen LogP contribution in [-0.4, -0.2) is 18.4 Å². The number of carbonyl (C=O) groups is 2. The Bertz CT molecular complexity index is 691. The molecule has 0 aliphatic rings. The first-order valence-electron chi connectivity index (χ1n) is 7.36. The van der Waals surface area contributed by atoms with Crippen molar-refractivity contribution in [3.8, 4) is 0 Å². The zero-order valence-corrected chi connectivity index (χ0v) is 13.9. The maximum atomic E-state index is 11.9. The lowest BCUT2D eigenvalue weighted by molar-refractivity contribution is -0.116. The number of benzene rings is 2. The summed E-state index contributed by atoms with van der Waals surface area (Å²) < 4.78 is 0. The average Bonchev–Trinajstić information content (AvgIpc) is 2.46. The van der Waals surface area contributed by atoms with Gasteiger partial charge in [-0.3, -0.25) is 9.59 Å². The van der Waals surface area contributed by atoms with E-state index < -0.39 is 0 Å². The van der Waals surface area contributed by atoms with Crippen LogP contribution in [0.5, 0.6) is 0 Å². The van der Waals surface area contributed by atoms with E-state index in [2.05, 4.69) is 10.6 Å². The third-order valence-corrected chi connectivity index (χ3v) is 3.50. The minimum absolute atomic E-state index is 0.133. The van der Waals surface area contributed by atoms with Gasteiger partial charge in [-0.1, -0.05) is 17.7 Å². The molecule has 23 heavy (non-hydrogen) atoms. The normalized spacial score (nSPS) is 10.2. The van der Waals surface area contributed by atoms with Gasteiger partial charge in [0.05, 0.1) is 0 Å². The first kappa shape index (κ1) is 17.0. The molecule has 0 saturated carbocycles. The molecule has 0 aliphatic carbocycles. The number of amides is 2. The summed E-state index contributed by atoms with van der Waals surface area (Å²) in [7, 11) is 0.